The molecule has 0 radical (unpaired) electrons. The van der Waals surface area contributed by atoms with Gasteiger partial charge in [0.15, 0.2) is 0 Å². The number of hydrogen-bond donors (Lipinski definition) is 2. The molecule has 0 aromatic carbocycles. The molecule has 2 heteroatoms. The van der Waals surface area contributed by atoms with Crippen LogP contribution in [-0.2, 0) is 0 Å². The average Bonchev–Trinajstić information content (AvgIpc) is 1.95. The molecule has 2 nitrogen and oxygen atoms in total. The Kier molecular flexibility index (Phi) is 2.92. The predicted molar refractivity (Wildman–Crippen MR) is 45.1 cm³/mol. The summed E-state index contributed by atoms with van der Waals surface area (Å²) in [5.74, 6) is 5.75. The van der Waals surface area contributed by atoms with E-state index < -0.39 is 0 Å². The van der Waals surface area contributed by atoms with Crippen LogP contribution in [0.2, 0.25) is 0 Å². The first-order valence-corrected chi connectivity index (χ1v) is 4.08. The van der Waals surface area contributed by atoms with E-state index >= 15 is 0 Å². The lowest BCUT2D eigenvalue weighted by Crippen LogP contribution is -2.53. The zero-order chi connectivity index (χ0) is 8.16. The highest BCUT2D eigenvalue weighted by atomic mass is 16.3. The van der Waals surface area contributed by atoms with Crippen LogP contribution in [0, 0.1) is 11.8 Å². The largest absolute Gasteiger partial charge is 0.394 e. The molecular formula is C9H15NO. The Morgan fingerprint density at radius 1 is 1.55 bits per heavy atom. The molecule has 1 fully saturated rings. The van der Waals surface area contributed by atoms with Crippen molar-refractivity contribution < 1.29 is 5.11 Å². The molecule has 0 amide bonds. The Labute approximate surface area is 68.0 Å². The molecule has 0 aromatic heterocycles. The van der Waals surface area contributed by atoms with E-state index in [2.05, 4.69) is 17.2 Å². The monoisotopic (exact) mass is 153 g/mol. The van der Waals surface area contributed by atoms with Crippen LogP contribution in [0.25, 0.3) is 0 Å². The van der Waals surface area contributed by atoms with E-state index in [-0.39, 0.29) is 12.1 Å². The number of aliphatic hydroxyl groups excluding tert-OH is 1. The van der Waals surface area contributed by atoms with Gasteiger partial charge in [-0.15, -0.1) is 5.92 Å². The van der Waals surface area contributed by atoms with Crippen molar-refractivity contribution in [3.8, 4) is 11.8 Å². The molecule has 0 atom stereocenters. The lowest BCUT2D eigenvalue weighted by molar-refractivity contribution is 0.0931. The maximum Gasteiger partial charge on any atom is 0.0613 e. The van der Waals surface area contributed by atoms with Gasteiger partial charge in [0, 0.05) is 5.54 Å². The molecule has 1 rings (SSSR count). The van der Waals surface area contributed by atoms with Crippen molar-refractivity contribution in [2.75, 3.05) is 13.2 Å². The van der Waals surface area contributed by atoms with Gasteiger partial charge in [-0.2, -0.15) is 0 Å². The lowest BCUT2D eigenvalue weighted by atomic mass is 9.77. The zero-order valence-corrected chi connectivity index (χ0v) is 6.98. The standard InChI is InChI=1S/C9H15NO/c1-2-3-7-10-9(8-11)5-4-6-9/h10-11H,4-8H2,1H3. The quantitative estimate of drug-likeness (QED) is 0.579. The minimum Gasteiger partial charge on any atom is -0.394 e. The van der Waals surface area contributed by atoms with Crippen LogP contribution < -0.4 is 5.32 Å². The van der Waals surface area contributed by atoms with Crippen molar-refractivity contribution in [1.29, 1.82) is 0 Å². The molecule has 0 aliphatic heterocycles. The zero-order valence-electron chi connectivity index (χ0n) is 6.98. The summed E-state index contributed by atoms with van der Waals surface area (Å²) in [6.07, 6.45) is 3.41. The van der Waals surface area contributed by atoms with Gasteiger partial charge in [0.2, 0.25) is 0 Å². The highest BCUT2D eigenvalue weighted by Crippen LogP contribution is 2.30. The maximum atomic E-state index is 9.03. The first-order chi connectivity index (χ1) is 5.33. The summed E-state index contributed by atoms with van der Waals surface area (Å²) in [5, 5.41) is 12.3. The Bertz CT molecular complexity index is 168. The molecule has 0 unspecified atom stereocenters. The van der Waals surface area contributed by atoms with Crippen LogP contribution in [0.4, 0.5) is 0 Å². The smallest absolute Gasteiger partial charge is 0.0613 e. The van der Waals surface area contributed by atoms with Crippen molar-refractivity contribution in [3.05, 3.63) is 0 Å². The van der Waals surface area contributed by atoms with Crippen LogP contribution in [0.5, 0.6) is 0 Å². The van der Waals surface area contributed by atoms with E-state index in [9.17, 15) is 0 Å². The molecule has 62 valence electrons. The van der Waals surface area contributed by atoms with Crippen LogP contribution in [0.3, 0.4) is 0 Å². The van der Waals surface area contributed by atoms with Crippen LogP contribution in [0.1, 0.15) is 26.2 Å². The highest BCUT2D eigenvalue weighted by molar-refractivity contribution is 5.03. The fourth-order valence-electron chi connectivity index (χ4n) is 1.31. The van der Waals surface area contributed by atoms with E-state index in [1.807, 2.05) is 6.92 Å². The van der Waals surface area contributed by atoms with Crippen LogP contribution in [0.15, 0.2) is 0 Å². The van der Waals surface area contributed by atoms with E-state index in [4.69, 9.17) is 5.11 Å². The third-order valence-corrected chi connectivity index (χ3v) is 2.34. The topological polar surface area (TPSA) is 32.3 Å². The fourth-order valence-corrected chi connectivity index (χ4v) is 1.31. The number of aliphatic hydroxyl groups is 1. The summed E-state index contributed by atoms with van der Waals surface area (Å²) in [6, 6.07) is 0. The average molecular weight is 153 g/mol. The van der Waals surface area contributed by atoms with Gasteiger partial charge in [0.25, 0.3) is 0 Å². The minimum atomic E-state index is 0.0177. The minimum absolute atomic E-state index is 0.0177. The number of hydrogen-bond acceptors (Lipinski definition) is 2. The van der Waals surface area contributed by atoms with Crippen molar-refractivity contribution in [2.45, 2.75) is 31.7 Å². The molecule has 2 N–H and O–H groups in total. The van der Waals surface area contributed by atoms with E-state index in [1.54, 1.807) is 0 Å². The molecule has 0 heterocycles. The van der Waals surface area contributed by atoms with Gasteiger partial charge in [-0.1, -0.05) is 5.92 Å². The Morgan fingerprint density at radius 2 is 2.27 bits per heavy atom. The summed E-state index contributed by atoms with van der Waals surface area (Å²) >= 11 is 0. The molecule has 0 bridgehead atoms. The first-order valence-electron chi connectivity index (χ1n) is 4.08. The molecule has 1 saturated carbocycles. The molecule has 0 aromatic rings. The predicted octanol–water partition coefficient (Wildman–Crippen LogP) is 0.514. The second-order valence-electron chi connectivity index (χ2n) is 3.07. The number of nitrogens with one attached hydrogen (secondary N) is 1. The molecule has 11 heavy (non-hydrogen) atoms. The fraction of sp³-hybridized carbons (Fsp3) is 0.778. The van der Waals surface area contributed by atoms with Crippen molar-refractivity contribution in [1.82, 2.24) is 5.32 Å². The Balaban J connectivity index is 2.25. The SMILES string of the molecule is CC#CCNC1(CO)CCC1. The second kappa shape index (κ2) is 3.75. The van der Waals surface area contributed by atoms with Crippen LogP contribution >= 0.6 is 0 Å². The maximum absolute atomic E-state index is 9.03. The van der Waals surface area contributed by atoms with Crippen molar-refractivity contribution in [3.63, 3.8) is 0 Å². The van der Waals surface area contributed by atoms with Gasteiger partial charge in [-0.05, 0) is 26.2 Å². The molecule has 0 spiro atoms. The summed E-state index contributed by atoms with van der Waals surface area (Å²) in [5.41, 5.74) is 0.0177. The Hall–Kier alpha value is -0.520. The number of rotatable bonds is 3. The Morgan fingerprint density at radius 3 is 2.64 bits per heavy atom. The van der Waals surface area contributed by atoms with E-state index in [0.717, 1.165) is 12.8 Å². The van der Waals surface area contributed by atoms with Gasteiger partial charge in [-0.3, -0.25) is 5.32 Å². The third-order valence-electron chi connectivity index (χ3n) is 2.34. The van der Waals surface area contributed by atoms with Gasteiger partial charge in [0.05, 0.1) is 13.2 Å². The van der Waals surface area contributed by atoms with Gasteiger partial charge in [0.1, 0.15) is 0 Å². The summed E-state index contributed by atoms with van der Waals surface area (Å²) in [4.78, 5) is 0. The normalized spacial score (nSPS) is 19.8. The van der Waals surface area contributed by atoms with Gasteiger partial charge >= 0.3 is 0 Å². The lowest BCUT2D eigenvalue weighted by Gasteiger charge is -2.40. The second-order valence-corrected chi connectivity index (χ2v) is 3.07. The summed E-state index contributed by atoms with van der Waals surface area (Å²) in [6.45, 7) is 2.78. The van der Waals surface area contributed by atoms with Gasteiger partial charge < -0.3 is 5.11 Å². The van der Waals surface area contributed by atoms with Gasteiger partial charge in [-0.25, -0.2) is 0 Å². The van der Waals surface area contributed by atoms with E-state index in [1.165, 1.54) is 6.42 Å². The molecular weight excluding hydrogens is 138 g/mol. The third kappa shape index (κ3) is 1.95. The molecule has 0 saturated heterocycles. The van der Waals surface area contributed by atoms with E-state index in [0.29, 0.717) is 6.54 Å². The molecule has 1 aliphatic rings. The first kappa shape index (κ1) is 8.58. The van der Waals surface area contributed by atoms with Crippen LogP contribution in [-0.4, -0.2) is 23.8 Å². The van der Waals surface area contributed by atoms with Crippen molar-refractivity contribution >= 4 is 0 Å². The van der Waals surface area contributed by atoms with Crippen molar-refractivity contribution in [2.24, 2.45) is 0 Å². The summed E-state index contributed by atoms with van der Waals surface area (Å²) < 4.78 is 0. The summed E-state index contributed by atoms with van der Waals surface area (Å²) in [7, 11) is 0. The molecule has 1 aliphatic carbocycles. The highest BCUT2D eigenvalue weighted by Gasteiger charge is 2.35.